The Morgan fingerprint density at radius 3 is 2.41 bits per heavy atom. The van der Waals surface area contributed by atoms with Gasteiger partial charge in [-0.3, -0.25) is 19.5 Å². The van der Waals surface area contributed by atoms with E-state index >= 15 is 0 Å². The number of halogens is 1. The molecule has 3 heterocycles. The fraction of sp³-hybridized carbons (Fsp3) is 0.333. The number of pyridine rings is 1. The van der Waals surface area contributed by atoms with E-state index in [4.69, 9.17) is 10.00 Å². The number of benzene rings is 2. The van der Waals surface area contributed by atoms with Gasteiger partial charge < -0.3 is 15.0 Å². The average molecular weight is 528 g/mol. The Morgan fingerprint density at radius 1 is 1.00 bits per heavy atom. The number of aromatic nitrogens is 1. The van der Waals surface area contributed by atoms with Crippen molar-refractivity contribution in [2.75, 3.05) is 26.2 Å². The Balaban J connectivity index is 1.07. The SMILES string of the molecule is N#Cc1ccc(CN2CCC(NC(=O)c3ccc(C(=O)N4CC[C@@H](Oc5ccc(F)cc5)C4)cn3)CC2)cc1. The molecule has 200 valence electrons. The molecule has 2 aliphatic heterocycles. The van der Waals surface area contributed by atoms with Crippen LogP contribution in [0.5, 0.6) is 5.75 Å². The fourth-order valence-corrected chi connectivity index (χ4v) is 4.99. The summed E-state index contributed by atoms with van der Waals surface area (Å²) in [5.41, 5.74) is 2.53. The van der Waals surface area contributed by atoms with Crippen LogP contribution in [0.3, 0.4) is 0 Å². The van der Waals surface area contributed by atoms with E-state index < -0.39 is 0 Å². The minimum atomic E-state index is -0.323. The molecule has 1 aromatic heterocycles. The van der Waals surface area contributed by atoms with Gasteiger partial charge in [0.2, 0.25) is 0 Å². The lowest BCUT2D eigenvalue weighted by Crippen LogP contribution is -2.44. The summed E-state index contributed by atoms with van der Waals surface area (Å²) in [6.45, 7) is 3.54. The van der Waals surface area contributed by atoms with Gasteiger partial charge in [0.05, 0.1) is 23.7 Å². The number of likely N-dealkylation sites (tertiary alicyclic amines) is 2. The van der Waals surface area contributed by atoms with Crippen molar-refractivity contribution in [1.82, 2.24) is 20.1 Å². The number of carbonyl (C=O) groups is 2. The first-order valence-corrected chi connectivity index (χ1v) is 13.2. The van der Waals surface area contributed by atoms with Crippen molar-refractivity contribution < 1.29 is 18.7 Å². The molecular formula is C30H30FN5O3. The third-order valence-electron chi connectivity index (χ3n) is 7.20. The zero-order valence-electron chi connectivity index (χ0n) is 21.6. The minimum Gasteiger partial charge on any atom is -0.489 e. The largest absolute Gasteiger partial charge is 0.489 e. The topological polar surface area (TPSA) is 98.6 Å². The van der Waals surface area contributed by atoms with Crippen molar-refractivity contribution in [3.05, 3.63) is 95.1 Å². The van der Waals surface area contributed by atoms with Crippen LogP contribution in [-0.4, -0.2) is 64.9 Å². The molecule has 0 bridgehead atoms. The van der Waals surface area contributed by atoms with E-state index in [1.807, 2.05) is 24.3 Å². The summed E-state index contributed by atoms with van der Waals surface area (Å²) in [7, 11) is 0. The Hall–Kier alpha value is -4.29. The van der Waals surface area contributed by atoms with Gasteiger partial charge >= 0.3 is 0 Å². The van der Waals surface area contributed by atoms with Crippen LogP contribution in [0.1, 0.15) is 51.2 Å². The molecule has 0 unspecified atom stereocenters. The highest BCUT2D eigenvalue weighted by Crippen LogP contribution is 2.21. The van der Waals surface area contributed by atoms with Gasteiger partial charge in [0, 0.05) is 44.8 Å². The highest BCUT2D eigenvalue weighted by molar-refractivity contribution is 5.96. The molecule has 2 amide bonds. The maximum absolute atomic E-state index is 13.1. The number of nitrogens with zero attached hydrogens (tertiary/aromatic N) is 4. The molecule has 2 saturated heterocycles. The number of nitrogens with one attached hydrogen (secondary N) is 1. The summed E-state index contributed by atoms with van der Waals surface area (Å²) >= 11 is 0. The van der Waals surface area contributed by atoms with Crippen molar-refractivity contribution >= 4 is 11.8 Å². The third kappa shape index (κ3) is 6.78. The summed E-state index contributed by atoms with van der Waals surface area (Å²) < 4.78 is 19.0. The van der Waals surface area contributed by atoms with E-state index in [-0.39, 0.29) is 35.5 Å². The number of hydrogen-bond donors (Lipinski definition) is 1. The predicted molar refractivity (Wildman–Crippen MR) is 142 cm³/mol. The molecule has 2 aromatic carbocycles. The van der Waals surface area contributed by atoms with E-state index in [2.05, 4.69) is 21.3 Å². The number of carbonyl (C=O) groups excluding carboxylic acids is 2. The Bertz CT molecular complexity index is 1330. The van der Waals surface area contributed by atoms with Gasteiger partial charge in [-0.1, -0.05) is 12.1 Å². The minimum absolute atomic E-state index is 0.0699. The lowest BCUT2D eigenvalue weighted by atomic mass is 10.0. The van der Waals surface area contributed by atoms with Crippen LogP contribution in [0.15, 0.2) is 66.9 Å². The molecule has 0 spiro atoms. The van der Waals surface area contributed by atoms with Crippen molar-refractivity contribution in [2.45, 2.75) is 38.0 Å². The van der Waals surface area contributed by atoms with Gasteiger partial charge in [0.1, 0.15) is 23.4 Å². The molecule has 0 saturated carbocycles. The lowest BCUT2D eigenvalue weighted by Gasteiger charge is -2.32. The van der Waals surface area contributed by atoms with Crippen LogP contribution in [0.2, 0.25) is 0 Å². The Labute approximate surface area is 227 Å². The van der Waals surface area contributed by atoms with Crippen LogP contribution in [0.4, 0.5) is 4.39 Å². The van der Waals surface area contributed by atoms with Crippen molar-refractivity contribution in [3.63, 3.8) is 0 Å². The molecule has 2 fully saturated rings. The number of rotatable bonds is 7. The third-order valence-corrected chi connectivity index (χ3v) is 7.20. The van der Waals surface area contributed by atoms with Crippen LogP contribution >= 0.6 is 0 Å². The monoisotopic (exact) mass is 527 g/mol. The second-order valence-corrected chi connectivity index (χ2v) is 10.00. The van der Waals surface area contributed by atoms with Gasteiger partial charge in [-0.25, -0.2) is 4.39 Å². The van der Waals surface area contributed by atoms with E-state index in [1.54, 1.807) is 29.2 Å². The normalized spacial score (nSPS) is 17.9. The van der Waals surface area contributed by atoms with E-state index in [1.165, 1.54) is 23.9 Å². The first kappa shape index (κ1) is 26.3. The molecule has 5 rings (SSSR count). The van der Waals surface area contributed by atoms with Gasteiger partial charge in [0.25, 0.3) is 11.8 Å². The molecular weight excluding hydrogens is 497 g/mol. The van der Waals surface area contributed by atoms with Crippen molar-refractivity contribution in [2.24, 2.45) is 0 Å². The van der Waals surface area contributed by atoms with Gasteiger partial charge in [-0.05, 0) is 66.9 Å². The zero-order valence-corrected chi connectivity index (χ0v) is 21.6. The summed E-state index contributed by atoms with van der Waals surface area (Å²) in [5.74, 6) is -0.149. The molecule has 9 heteroatoms. The number of nitriles is 1. The summed E-state index contributed by atoms with van der Waals surface area (Å²) in [6.07, 6.45) is 3.66. The van der Waals surface area contributed by atoms with Crippen molar-refractivity contribution in [1.29, 1.82) is 5.26 Å². The molecule has 39 heavy (non-hydrogen) atoms. The number of piperidine rings is 1. The van der Waals surface area contributed by atoms with Crippen LogP contribution in [0.25, 0.3) is 0 Å². The van der Waals surface area contributed by atoms with E-state index in [0.29, 0.717) is 36.4 Å². The highest BCUT2D eigenvalue weighted by Gasteiger charge is 2.29. The summed E-state index contributed by atoms with van der Waals surface area (Å²) in [5, 5.41) is 12.0. The molecule has 1 N–H and O–H groups in total. The smallest absolute Gasteiger partial charge is 0.270 e. The summed E-state index contributed by atoms with van der Waals surface area (Å²) in [6, 6.07) is 18.9. The van der Waals surface area contributed by atoms with Crippen LogP contribution in [-0.2, 0) is 6.54 Å². The maximum Gasteiger partial charge on any atom is 0.270 e. The molecule has 0 aliphatic carbocycles. The van der Waals surface area contributed by atoms with Crippen LogP contribution < -0.4 is 10.1 Å². The second-order valence-electron chi connectivity index (χ2n) is 10.00. The predicted octanol–water partition coefficient (Wildman–Crippen LogP) is 3.78. The Kier molecular flexibility index (Phi) is 8.13. The van der Waals surface area contributed by atoms with E-state index in [0.717, 1.165) is 32.5 Å². The van der Waals surface area contributed by atoms with Gasteiger partial charge in [-0.15, -0.1) is 0 Å². The quantitative estimate of drug-likeness (QED) is 0.502. The number of amides is 2. The zero-order chi connectivity index (χ0) is 27.2. The average Bonchev–Trinajstić information content (AvgIpc) is 3.44. The molecule has 0 radical (unpaired) electrons. The molecule has 2 aliphatic rings. The number of hydrogen-bond acceptors (Lipinski definition) is 6. The lowest BCUT2D eigenvalue weighted by molar-refractivity contribution is 0.0770. The summed E-state index contributed by atoms with van der Waals surface area (Å²) in [4.78, 5) is 34.0. The first-order chi connectivity index (χ1) is 19.0. The Morgan fingerprint density at radius 2 is 1.74 bits per heavy atom. The molecule has 3 aromatic rings. The van der Waals surface area contributed by atoms with Crippen molar-refractivity contribution in [3.8, 4) is 11.8 Å². The standard InChI is InChI=1S/C30H30FN5O3/c31-24-6-8-26(9-7-24)39-27-13-16-36(20-27)30(38)23-5-10-28(33-18-23)29(37)34-25-11-14-35(15-12-25)19-22-3-1-21(17-32)2-4-22/h1-10,18,25,27H,11-16,19-20H2,(H,34,37)/t27-/m1/s1. The second kappa shape index (κ2) is 12.0. The van der Waals surface area contributed by atoms with Gasteiger partial charge in [-0.2, -0.15) is 5.26 Å². The van der Waals surface area contributed by atoms with Crippen LogP contribution in [0, 0.1) is 17.1 Å². The van der Waals surface area contributed by atoms with E-state index in [9.17, 15) is 14.0 Å². The maximum atomic E-state index is 13.1. The highest BCUT2D eigenvalue weighted by atomic mass is 19.1. The fourth-order valence-electron chi connectivity index (χ4n) is 4.99. The molecule has 8 nitrogen and oxygen atoms in total. The number of ether oxygens (including phenoxy) is 1. The first-order valence-electron chi connectivity index (χ1n) is 13.2. The van der Waals surface area contributed by atoms with Gasteiger partial charge in [0.15, 0.2) is 0 Å². The molecule has 1 atom stereocenters.